The third kappa shape index (κ3) is 1.23. The molecule has 0 aliphatic heterocycles. The molecule has 3 rings (SSSR count). The van der Waals surface area contributed by atoms with Crippen LogP contribution in [-0.4, -0.2) is 12.0 Å². The van der Waals surface area contributed by atoms with E-state index in [2.05, 4.69) is 6.07 Å². The molecule has 0 heterocycles. The summed E-state index contributed by atoms with van der Waals surface area (Å²) >= 11 is 1.66. The van der Waals surface area contributed by atoms with Gasteiger partial charge >= 0.3 is 0 Å². The third-order valence-corrected chi connectivity index (χ3v) is 3.66. The molecule has 2 aromatic carbocycles. The van der Waals surface area contributed by atoms with Gasteiger partial charge in [-0.25, -0.2) is 0 Å². The van der Waals surface area contributed by atoms with Crippen molar-refractivity contribution in [3.05, 3.63) is 53.6 Å². The lowest BCUT2D eigenvalue weighted by atomic mass is 10.1. The molecule has 2 heteroatoms. The molecule has 78 valence electrons. The number of fused-ring (bicyclic) bond motifs is 3. The first-order valence-corrected chi connectivity index (χ1v) is 6.36. The molecular weight excluding hydrogens is 216 g/mol. The Bertz CT molecular complexity index is 587. The van der Waals surface area contributed by atoms with Crippen LogP contribution in [0.1, 0.15) is 15.9 Å². The van der Waals surface area contributed by atoms with Crippen LogP contribution in [-0.2, 0) is 0 Å². The zero-order chi connectivity index (χ0) is 11.1. The van der Waals surface area contributed by atoms with Crippen LogP contribution in [0, 0.1) is 0 Å². The summed E-state index contributed by atoms with van der Waals surface area (Å²) in [6, 6.07) is 13.9. The fraction of sp³-hybridized carbons (Fsp3) is 0.0714. The summed E-state index contributed by atoms with van der Waals surface area (Å²) < 4.78 is 0. The first-order chi connectivity index (χ1) is 7.81. The molecule has 0 unspecified atom stereocenters. The Morgan fingerprint density at radius 1 is 0.875 bits per heavy atom. The monoisotopic (exact) mass is 226 g/mol. The maximum atomic E-state index is 12.1. The Kier molecular flexibility index (Phi) is 2.11. The van der Waals surface area contributed by atoms with Gasteiger partial charge in [-0.15, -0.1) is 11.8 Å². The first-order valence-electron chi connectivity index (χ1n) is 5.13. The van der Waals surface area contributed by atoms with Crippen LogP contribution in [0.5, 0.6) is 0 Å². The van der Waals surface area contributed by atoms with Crippen molar-refractivity contribution in [2.75, 3.05) is 6.26 Å². The standard InChI is InChI=1S/C14H10OS/c1-16-9-6-7-11-10-4-2-3-5-12(10)14(15)13(11)8-9/h2-8H,1H3. The molecule has 1 aliphatic carbocycles. The van der Waals surface area contributed by atoms with Crippen LogP contribution in [0.15, 0.2) is 47.4 Å². The SMILES string of the molecule is CSc1ccc2c(c1)C(=O)c1ccccc1-2. The van der Waals surface area contributed by atoms with Crippen LogP contribution in [0.2, 0.25) is 0 Å². The highest BCUT2D eigenvalue weighted by Gasteiger charge is 2.25. The molecule has 0 saturated carbocycles. The normalized spacial score (nSPS) is 12.4. The second-order valence-electron chi connectivity index (χ2n) is 3.79. The van der Waals surface area contributed by atoms with Crippen LogP contribution >= 0.6 is 11.8 Å². The summed E-state index contributed by atoms with van der Waals surface area (Å²) in [6.07, 6.45) is 2.02. The topological polar surface area (TPSA) is 17.1 Å². The Hall–Kier alpha value is -1.54. The van der Waals surface area contributed by atoms with E-state index in [4.69, 9.17) is 0 Å². The summed E-state index contributed by atoms with van der Waals surface area (Å²) in [5.74, 6) is 0.154. The molecule has 0 aromatic heterocycles. The summed E-state index contributed by atoms with van der Waals surface area (Å²) in [4.78, 5) is 13.3. The molecule has 16 heavy (non-hydrogen) atoms. The number of rotatable bonds is 1. The Morgan fingerprint density at radius 2 is 1.56 bits per heavy atom. The molecule has 0 N–H and O–H groups in total. The molecule has 2 aromatic rings. The van der Waals surface area contributed by atoms with E-state index < -0.39 is 0 Å². The number of hydrogen-bond acceptors (Lipinski definition) is 2. The molecular formula is C14H10OS. The van der Waals surface area contributed by atoms with Crippen LogP contribution in [0.4, 0.5) is 0 Å². The smallest absolute Gasteiger partial charge is 0.194 e. The zero-order valence-electron chi connectivity index (χ0n) is 8.86. The second kappa shape index (κ2) is 3.49. The van der Waals surface area contributed by atoms with Crippen LogP contribution in [0.3, 0.4) is 0 Å². The molecule has 0 fully saturated rings. The van der Waals surface area contributed by atoms with Gasteiger partial charge in [-0.1, -0.05) is 30.3 Å². The van der Waals surface area contributed by atoms with Gasteiger partial charge in [0.1, 0.15) is 0 Å². The zero-order valence-corrected chi connectivity index (χ0v) is 9.67. The molecule has 0 bridgehead atoms. The Balaban J connectivity index is 2.29. The average Bonchev–Trinajstić information content (AvgIpc) is 2.64. The molecule has 0 amide bonds. The maximum Gasteiger partial charge on any atom is 0.194 e. The number of benzene rings is 2. The van der Waals surface area contributed by atoms with Crippen LogP contribution < -0.4 is 0 Å². The van der Waals surface area contributed by atoms with Gasteiger partial charge in [0, 0.05) is 16.0 Å². The van der Waals surface area contributed by atoms with E-state index >= 15 is 0 Å². The molecule has 0 atom stereocenters. The Labute approximate surface area is 98.5 Å². The highest BCUT2D eigenvalue weighted by atomic mass is 32.2. The summed E-state index contributed by atoms with van der Waals surface area (Å²) in [6.45, 7) is 0. The molecule has 1 nitrogen and oxygen atoms in total. The van der Waals surface area contributed by atoms with Crippen molar-refractivity contribution in [3.63, 3.8) is 0 Å². The van der Waals surface area contributed by atoms with Gasteiger partial charge in [-0.05, 0) is 29.5 Å². The molecule has 1 aliphatic rings. The van der Waals surface area contributed by atoms with Crippen molar-refractivity contribution in [1.82, 2.24) is 0 Å². The van der Waals surface area contributed by atoms with Crippen molar-refractivity contribution in [1.29, 1.82) is 0 Å². The highest BCUT2D eigenvalue weighted by molar-refractivity contribution is 7.98. The number of carbonyl (C=O) groups excluding carboxylic acids is 1. The quantitative estimate of drug-likeness (QED) is 0.589. The maximum absolute atomic E-state index is 12.1. The third-order valence-electron chi connectivity index (χ3n) is 2.93. The van der Waals surface area contributed by atoms with Crippen molar-refractivity contribution in [3.8, 4) is 11.1 Å². The molecule has 0 spiro atoms. The average molecular weight is 226 g/mol. The van der Waals surface area contributed by atoms with E-state index in [9.17, 15) is 4.79 Å². The lowest BCUT2D eigenvalue weighted by molar-refractivity contribution is 0.104. The van der Waals surface area contributed by atoms with E-state index in [-0.39, 0.29) is 5.78 Å². The summed E-state index contributed by atoms with van der Waals surface area (Å²) in [5, 5.41) is 0. The minimum Gasteiger partial charge on any atom is -0.289 e. The van der Waals surface area contributed by atoms with Crippen molar-refractivity contribution in [2.45, 2.75) is 4.90 Å². The largest absolute Gasteiger partial charge is 0.289 e. The summed E-state index contributed by atoms with van der Waals surface area (Å²) in [7, 11) is 0. The summed E-state index contributed by atoms with van der Waals surface area (Å²) in [5.41, 5.74) is 3.80. The number of ketones is 1. The number of thioether (sulfide) groups is 1. The van der Waals surface area contributed by atoms with Gasteiger partial charge in [-0.2, -0.15) is 0 Å². The van der Waals surface area contributed by atoms with Crippen molar-refractivity contribution < 1.29 is 4.79 Å². The van der Waals surface area contributed by atoms with Gasteiger partial charge in [0.2, 0.25) is 0 Å². The van der Waals surface area contributed by atoms with E-state index in [0.29, 0.717) is 0 Å². The fourth-order valence-electron chi connectivity index (χ4n) is 2.13. The first kappa shape index (κ1) is 9.67. The number of hydrogen-bond donors (Lipinski definition) is 0. The van der Waals surface area contributed by atoms with Crippen molar-refractivity contribution >= 4 is 17.5 Å². The van der Waals surface area contributed by atoms with Gasteiger partial charge < -0.3 is 0 Å². The fourth-order valence-corrected chi connectivity index (χ4v) is 2.57. The minimum atomic E-state index is 0.154. The highest BCUT2D eigenvalue weighted by Crippen LogP contribution is 2.37. The van der Waals surface area contributed by atoms with Crippen LogP contribution in [0.25, 0.3) is 11.1 Å². The Morgan fingerprint density at radius 3 is 2.31 bits per heavy atom. The van der Waals surface area contributed by atoms with E-state index in [1.807, 2.05) is 42.7 Å². The predicted molar refractivity (Wildman–Crippen MR) is 67.1 cm³/mol. The minimum absolute atomic E-state index is 0.154. The van der Waals surface area contributed by atoms with Gasteiger partial charge in [-0.3, -0.25) is 4.79 Å². The van der Waals surface area contributed by atoms with E-state index in [1.165, 1.54) is 0 Å². The predicted octanol–water partition coefficient (Wildman–Crippen LogP) is 3.62. The van der Waals surface area contributed by atoms with E-state index in [0.717, 1.165) is 27.1 Å². The second-order valence-corrected chi connectivity index (χ2v) is 4.67. The lowest BCUT2D eigenvalue weighted by Crippen LogP contribution is -1.94. The lowest BCUT2D eigenvalue weighted by Gasteiger charge is -2.01. The van der Waals surface area contributed by atoms with Gasteiger partial charge in [0.05, 0.1) is 0 Å². The van der Waals surface area contributed by atoms with Crippen molar-refractivity contribution in [2.24, 2.45) is 0 Å². The van der Waals surface area contributed by atoms with E-state index in [1.54, 1.807) is 11.8 Å². The van der Waals surface area contributed by atoms with Gasteiger partial charge in [0.15, 0.2) is 5.78 Å². The number of carbonyl (C=O) groups is 1. The van der Waals surface area contributed by atoms with Gasteiger partial charge in [0.25, 0.3) is 0 Å². The molecule has 0 saturated heterocycles. The molecule has 0 radical (unpaired) electrons.